The number of ether oxygens (including phenoxy) is 4. The van der Waals surface area contributed by atoms with Gasteiger partial charge in [0.2, 0.25) is 12.7 Å². The number of anilines is 2. The number of hydrogen-bond acceptors (Lipinski definition) is 6. The van der Waals surface area contributed by atoms with Gasteiger partial charge in [0.05, 0.1) is 7.11 Å². The fourth-order valence-corrected chi connectivity index (χ4v) is 4.94. The second-order valence-electron chi connectivity index (χ2n) is 8.48. The van der Waals surface area contributed by atoms with Gasteiger partial charge in [-0.3, -0.25) is 4.79 Å². The Labute approximate surface area is 201 Å². The molecule has 3 heterocycles. The Morgan fingerprint density at radius 2 is 1.83 bits per heavy atom. The molecule has 3 aromatic rings. The number of methoxy groups -OCH3 is 1. The van der Waals surface area contributed by atoms with Crippen LogP contribution in [0.3, 0.4) is 0 Å². The van der Waals surface area contributed by atoms with Crippen molar-refractivity contribution in [3.05, 3.63) is 71.8 Å². The number of fused-ring (bicyclic) bond motifs is 5. The standard InChI is InChI=1S/C26H23N3O6/c1-32-17-6-4-5-16(11-17)28-25(31)27-9-10-29-20-8-3-2-7-18(20)26(24(29)30)14-33-21-13-23-22(12-19(21)26)34-15-35-23/h2-8,11-13H,9-10,14-15H2,1H3,(H2,27,28,31). The molecular weight excluding hydrogens is 450 g/mol. The van der Waals surface area contributed by atoms with E-state index in [1.807, 2.05) is 30.3 Å². The van der Waals surface area contributed by atoms with E-state index in [9.17, 15) is 9.59 Å². The van der Waals surface area contributed by atoms with Crippen molar-refractivity contribution in [2.75, 3.05) is 43.8 Å². The molecule has 0 saturated carbocycles. The van der Waals surface area contributed by atoms with Crippen LogP contribution in [-0.4, -0.2) is 45.5 Å². The van der Waals surface area contributed by atoms with Crippen molar-refractivity contribution in [2.24, 2.45) is 0 Å². The van der Waals surface area contributed by atoms with Gasteiger partial charge in [0, 0.05) is 42.2 Å². The van der Waals surface area contributed by atoms with Gasteiger partial charge in [-0.15, -0.1) is 0 Å². The van der Waals surface area contributed by atoms with E-state index >= 15 is 0 Å². The third-order valence-electron chi connectivity index (χ3n) is 6.59. The molecule has 3 aliphatic rings. The van der Waals surface area contributed by atoms with E-state index in [0.29, 0.717) is 35.2 Å². The maximum atomic E-state index is 13.9. The Balaban J connectivity index is 1.21. The summed E-state index contributed by atoms with van der Waals surface area (Å²) in [6, 6.07) is 18.1. The first-order chi connectivity index (χ1) is 17.1. The third kappa shape index (κ3) is 3.30. The Morgan fingerprint density at radius 3 is 2.69 bits per heavy atom. The smallest absolute Gasteiger partial charge is 0.319 e. The zero-order valence-corrected chi connectivity index (χ0v) is 19.0. The summed E-state index contributed by atoms with van der Waals surface area (Å²) in [5, 5.41) is 5.61. The van der Waals surface area contributed by atoms with E-state index in [1.54, 1.807) is 42.3 Å². The number of rotatable bonds is 5. The molecule has 0 radical (unpaired) electrons. The second kappa shape index (κ2) is 8.12. The van der Waals surface area contributed by atoms with Gasteiger partial charge >= 0.3 is 6.03 Å². The van der Waals surface area contributed by atoms with E-state index < -0.39 is 5.41 Å². The quantitative estimate of drug-likeness (QED) is 0.590. The molecule has 3 aromatic carbocycles. The molecule has 3 aliphatic heterocycles. The van der Waals surface area contributed by atoms with Crippen LogP contribution in [-0.2, 0) is 10.2 Å². The number of urea groups is 1. The number of carbonyl (C=O) groups excluding carboxylic acids is 2. The zero-order chi connectivity index (χ0) is 24.0. The molecule has 3 amide bonds. The van der Waals surface area contributed by atoms with Crippen molar-refractivity contribution in [1.29, 1.82) is 0 Å². The molecule has 9 nitrogen and oxygen atoms in total. The molecule has 1 unspecified atom stereocenters. The zero-order valence-electron chi connectivity index (χ0n) is 19.0. The largest absolute Gasteiger partial charge is 0.497 e. The van der Waals surface area contributed by atoms with E-state index in [2.05, 4.69) is 10.6 Å². The highest BCUT2D eigenvalue weighted by molar-refractivity contribution is 6.11. The summed E-state index contributed by atoms with van der Waals surface area (Å²) in [6.07, 6.45) is 0. The molecule has 1 atom stereocenters. The minimum atomic E-state index is -0.963. The van der Waals surface area contributed by atoms with Gasteiger partial charge in [-0.25, -0.2) is 4.79 Å². The summed E-state index contributed by atoms with van der Waals surface area (Å²) in [5.41, 5.74) is 2.10. The van der Waals surface area contributed by atoms with Crippen LogP contribution in [0.5, 0.6) is 23.0 Å². The summed E-state index contributed by atoms with van der Waals surface area (Å²) in [4.78, 5) is 28.1. The molecule has 178 valence electrons. The summed E-state index contributed by atoms with van der Waals surface area (Å²) >= 11 is 0. The van der Waals surface area contributed by atoms with Crippen LogP contribution in [0.15, 0.2) is 60.7 Å². The number of benzene rings is 3. The molecule has 0 saturated heterocycles. The molecule has 0 aromatic heterocycles. The van der Waals surface area contributed by atoms with Gasteiger partial charge in [0.1, 0.15) is 23.5 Å². The average molecular weight is 473 g/mol. The van der Waals surface area contributed by atoms with Crippen LogP contribution in [0.2, 0.25) is 0 Å². The van der Waals surface area contributed by atoms with Crippen LogP contribution >= 0.6 is 0 Å². The van der Waals surface area contributed by atoms with Crippen molar-refractivity contribution in [2.45, 2.75) is 5.41 Å². The van der Waals surface area contributed by atoms with Crippen LogP contribution in [0.1, 0.15) is 11.1 Å². The summed E-state index contributed by atoms with van der Waals surface area (Å²) < 4.78 is 22.2. The molecule has 0 aliphatic carbocycles. The van der Waals surface area contributed by atoms with Gasteiger partial charge < -0.3 is 34.5 Å². The maximum absolute atomic E-state index is 13.9. The first-order valence-electron chi connectivity index (χ1n) is 11.3. The molecule has 1 spiro atoms. The first kappa shape index (κ1) is 21.2. The number of amides is 3. The Kier molecular flexibility index (Phi) is 4.91. The molecule has 35 heavy (non-hydrogen) atoms. The number of carbonyl (C=O) groups is 2. The second-order valence-corrected chi connectivity index (χ2v) is 8.48. The number of para-hydroxylation sites is 1. The van der Waals surface area contributed by atoms with Crippen molar-refractivity contribution < 1.29 is 28.5 Å². The molecule has 6 rings (SSSR count). The molecule has 2 N–H and O–H groups in total. The monoisotopic (exact) mass is 473 g/mol. The predicted molar refractivity (Wildman–Crippen MR) is 128 cm³/mol. The lowest BCUT2D eigenvalue weighted by atomic mass is 9.77. The van der Waals surface area contributed by atoms with Crippen molar-refractivity contribution in [3.8, 4) is 23.0 Å². The van der Waals surface area contributed by atoms with Gasteiger partial charge in [-0.05, 0) is 29.8 Å². The molecule has 0 bridgehead atoms. The van der Waals surface area contributed by atoms with Crippen LogP contribution in [0, 0.1) is 0 Å². The molecular formula is C26H23N3O6. The maximum Gasteiger partial charge on any atom is 0.319 e. The number of nitrogens with zero attached hydrogens (tertiary/aromatic N) is 1. The lowest BCUT2D eigenvalue weighted by Crippen LogP contribution is -2.45. The van der Waals surface area contributed by atoms with Crippen LogP contribution < -0.4 is 34.5 Å². The van der Waals surface area contributed by atoms with E-state index in [-0.39, 0.29) is 31.9 Å². The van der Waals surface area contributed by atoms with Crippen LogP contribution in [0.25, 0.3) is 0 Å². The highest BCUT2D eigenvalue weighted by Crippen LogP contribution is 2.54. The highest BCUT2D eigenvalue weighted by atomic mass is 16.7. The Bertz CT molecular complexity index is 1340. The molecule has 9 heteroatoms. The van der Waals surface area contributed by atoms with Gasteiger partial charge in [-0.2, -0.15) is 0 Å². The Hall–Kier alpha value is -4.40. The number of hydrogen-bond donors (Lipinski definition) is 2. The normalized spacial score (nSPS) is 18.8. The lowest BCUT2D eigenvalue weighted by Gasteiger charge is -2.23. The average Bonchev–Trinajstić information content (AvgIpc) is 3.55. The van der Waals surface area contributed by atoms with Crippen molar-refractivity contribution in [1.82, 2.24) is 5.32 Å². The van der Waals surface area contributed by atoms with E-state index in [1.165, 1.54) is 0 Å². The van der Waals surface area contributed by atoms with Gasteiger partial charge in [-0.1, -0.05) is 24.3 Å². The van der Waals surface area contributed by atoms with E-state index in [0.717, 1.165) is 16.8 Å². The Morgan fingerprint density at radius 1 is 1.00 bits per heavy atom. The van der Waals surface area contributed by atoms with Crippen LogP contribution in [0.4, 0.5) is 16.2 Å². The molecule has 0 fully saturated rings. The third-order valence-corrected chi connectivity index (χ3v) is 6.59. The lowest BCUT2D eigenvalue weighted by molar-refractivity contribution is -0.122. The number of nitrogens with one attached hydrogen (secondary N) is 2. The van der Waals surface area contributed by atoms with E-state index in [4.69, 9.17) is 18.9 Å². The summed E-state index contributed by atoms with van der Waals surface area (Å²) in [6.45, 7) is 0.913. The first-order valence-corrected chi connectivity index (χ1v) is 11.3. The van der Waals surface area contributed by atoms with Crippen molar-refractivity contribution >= 4 is 23.3 Å². The minimum absolute atomic E-state index is 0.0914. The van der Waals surface area contributed by atoms with Gasteiger partial charge in [0.15, 0.2) is 11.5 Å². The van der Waals surface area contributed by atoms with Crippen molar-refractivity contribution in [3.63, 3.8) is 0 Å². The summed E-state index contributed by atoms with van der Waals surface area (Å²) in [5.74, 6) is 2.39. The highest BCUT2D eigenvalue weighted by Gasteiger charge is 2.57. The summed E-state index contributed by atoms with van der Waals surface area (Å²) in [7, 11) is 1.57. The van der Waals surface area contributed by atoms with Gasteiger partial charge in [0.25, 0.3) is 0 Å². The fourth-order valence-electron chi connectivity index (χ4n) is 4.94. The predicted octanol–water partition coefficient (Wildman–Crippen LogP) is 3.27. The topological polar surface area (TPSA) is 98.4 Å². The SMILES string of the molecule is COc1cccc(NC(=O)NCCN2C(=O)C3(COc4cc5c(cc43)OCO5)c3ccccc32)c1. The fraction of sp³-hybridized carbons (Fsp3) is 0.231. The minimum Gasteiger partial charge on any atom is -0.497 e.